The van der Waals surface area contributed by atoms with Gasteiger partial charge in [-0.05, 0) is 50.5 Å². The maximum absolute atomic E-state index is 12.9. The molecule has 194 valence electrons. The van der Waals surface area contributed by atoms with E-state index < -0.39 is 35.2 Å². The predicted molar refractivity (Wildman–Crippen MR) is 139 cm³/mol. The molecule has 3 rings (SSSR count). The molecule has 0 saturated carbocycles. The molecular weight excluding hydrogens is 474 g/mol. The second-order valence-electron chi connectivity index (χ2n) is 9.49. The Morgan fingerprint density at radius 1 is 0.919 bits per heavy atom. The molecule has 3 aromatic rings. The minimum atomic E-state index is -1.32. The van der Waals surface area contributed by atoms with Crippen LogP contribution in [0.5, 0.6) is 0 Å². The van der Waals surface area contributed by atoms with Crippen molar-refractivity contribution in [2.24, 2.45) is 0 Å². The van der Waals surface area contributed by atoms with Gasteiger partial charge < -0.3 is 25.5 Å². The van der Waals surface area contributed by atoms with Crippen LogP contribution in [0.25, 0.3) is 0 Å². The SMILES string of the molecule is CC(C)(C)OC(=O)NCC[C@H](NC(=O)c1ccc(C(c2ccccc2)c2ccccc2)[nH]c1=O)C(=O)O. The highest BCUT2D eigenvalue weighted by atomic mass is 16.6. The summed E-state index contributed by atoms with van der Waals surface area (Å²) in [6.45, 7) is 5.07. The van der Waals surface area contributed by atoms with Crippen LogP contribution in [0.2, 0.25) is 0 Å². The quantitative estimate of drug-likeness (QED) is 0.350. The van der Waals surface area contributed by atoms with Crippen molar-refractivity contribution in [3.8, 4) is 0 Å². The largest absolute Gasteiger partial charge is 0.480 e. The molecule has 0 saturated heterocycles. The van der Waals surface area contributed by atoms with Gasteiger partial charge in [0.25, 0.3) is 11.5 Å². The molecule has 2 aromatic carbocycles. The smallest absolute Gasteiger partial charge is 0.407 e. The lowest BCUT2D eigenvalue weighted by atomic mass is 9.88. The lowest BCUT2D eigenvalue weighted by Gasteiger charge is -2.20. The van der Waals surface area contributed by atoms with Gasteiger partial charge in [0.2, 0.25) is 0 Å². The fraction of sp³-hybridized carbons (Fsp3) is 0.286. The molecule has 1 aromatic heterocycles. The van der Waals surface area contributed by atoms with Crippen molar-refractivity contribution in [2.45, 2.75) is 44.8 Å². The Morgan fingerprint density at radius 2 is 1.49 bits per heavy atom. The first-order valence-electron chi connectivity index (χ1n) is 11.9. The zero-order valence-corrected chi connectivity index (χ0v) is 21.0. The van der Waals surface area contributed by atoms with Crippen LogP contribution in [-0.4, -0.2) is 46.2 Å². The van der Waals surface area contributed by atoms with Crippen molar-refractivity contribution in [1.29, 1.82) is 0 Å². The van der Waals surface area contributed by atoms with Crippen LogP contribution in [-0.2, 0) is 9.53 Å². The van der Waals surface area contributed by atoms with Crippen LogP contribution in [0, 0.1) is 0 Å². The van der Waals surface area contributed by atoms with Gasteiger partial charge in [-0.3, -0.25) is 9.59 Å². The number of ether oxygens (including phenoxy) is 1. The Hall–Kier alpha value is -4.40. The number of aliphatic carboxylic acids is 1. The summed E-state index contributed by atoms with van der Waals surface area (Å²) in [6, 6.07) is 21.0. The van der Waals surface area contributed by atoms with E-state index in [0.717, 1.165) is 11.1 Å². The Morgan fingerprint density at radius 3 is 1.97 bits per heavy atom. The van der Waals surface area contributed by atoms with Gasteiger partial charge in [-0.15, -0.1) is 0 Å². The highest BCUT2D eigenvalue weighted by Crippen LogP contribution is 2.30. The summed E-state index contributed by atoms with van der Waals surface area (Å²) in [7, 11) is 0. The third-order valence-electron chi connectivity index (χ3n) is 5.46. The molecule has 37 heavy (non-hydrogen) atoms. The van der Waals surface area contributed by atoms with Crippen LogP contribution in [0.3, 0.4) is 0 Å². The number of carboxylic acid groups (broad SMARTS) is 1. The summed E-state index contributed by atoms with van der Waals surface area (Å²) in [6.07, 6.45) is -0.790. The zero-order chi connectivity index (χ0) is 27.0. The Kier molecular flexibility index (Phi) is 8.84. The number of carbonyl (C=O) groups excluding carboxylic acids is 2. The number of nitrogens with one attached hydrogen (secondary N) is 3. The Labute approximate surface area is 214 Å². The van der Waals surface area contributed by atoms with Crippen molar-refractivity contribution in [1.82, 2.24) is 15.6 Å². The van der Waals surface area contributed by atoms with E-state index in [4.69, 9.17) is 4.74 Å². The van der Waals surface area contributed by atoms with Crippen LogP contribution < -0.4 is 16.2 Å². The molecule has 9 nitrogen and oxygen atoms in total. The van der Waals surface area contributed by atoms with E-state index >= 15 is 0 Å². The zero-order valence-electron chi connectivity index (χ0n) is 21.0. The number of carbonyl (C=O) groups is 3. The molecule has 9 heteroatoms. The number of carboxylic acids is 1. The van der Waals surface area contributed by atoms with E-state index in [1.54, 1.807) is 26.8 Å². The Bertz CT molecular complexity index is 1240. The molecule has 0 radical (unpaired) electrons. The number of H-pyrrole nitrogens is 1. The number of amides is 2. The standard InChI is InChI=1S/C28H31N3O6/c1-28(2,3)37-27(36)29-17-16-22(26(34)35)31-25(33)20-14-15-21(30-24(20)32)23(18-10-6-4-7-11-18)19-12-8-5-9-13-19/h4-15,22-23H,16-17H2,1-3H3,(H,29,36)(H,30,32)(H,31,33)(H,34,35)/t22-/m0/s1. The molecule has 0 fully saturated rings. The molecule has 2 amide bonds. The van der Waals surface area contributed by atoms with Crippen LogP contribution in [0.4, 0.5) is 4.79 Å². The second-order valence-corrected chi connectivity index (χ2v) is 9.49. The highest BCUT2D eigenvalue weighted by molar-refractivity contribution is 5.96. The molecule has 0 aliphatic carbocycles. The number of rotatable bonds is 9. The van der Waals surface area contributed by atoms with Crippen LogP contribution in [0.1, 0.15) is 60.3 Å². The summed E-state index contributed by atoms with van der Waals surface area (Å²) in [5.41, 5.74) is 0.973. The van der Waals surface area contributed by atoms with E-state index in [0.29, 0.717) is 5.69 Å². The number of aromatic nitrogens is 1. The summed E-state index contributed by atoms with van der Waals surface area (Å²) in [5.74, 6) is -2.38. The maximum Gasteiger partial charge on any atom is 0.407 e. The van der Waals surface area contributed by atoms with Gasteiger partial charge in [0.15, 0.2) is 0 Å². The molecule has 4 N–H and O–H groups in total. The van der Waals surface area contributed by atoms with Gasteiger partial charge in [-0.1, -0.05) is 60.7 Å². The van der Waals surface area contributed by atoms with E-state index in [2.05, 4.69) is 15.6 Å². The van der Waals surface area contributed by atoms with Crippen molar-refractivity contribution >= 4 is 18.0 Å². The first-order valence-corrected chi connectivity index (χ1v) is 11.9. The monoisotopic (exact) mass is 505 g/mol. The minimum Gasteiger partial charge on any atom is -0.480 e. The Balaban J connectivity index is 1.75. The topological polar surface area (TPSA) is 138 Å². The molecule has 1 heterocycles. The summed E-state index contributed by atoms with van der Waals surface area (Å²) < 4.78 is 5.11. The molecule has 0 bridgehead atoms. The molecule has 0 spiro atoms. The summed E-state index contributed by atoms with van der Waals surface area (Å²) in [4.78, 5) is 51.9. The second kappa shape index (κ2) is 12.0. The lowest BCUT2D eigenvalue weighted by molar-refractivity contribution is -0.139. The maximum atomic E-state index is 12.9. The van der Waals surface area contributed by atoms with Crippen LogP contribution in [0.15, 0.2) is 77.6 Å². The third-order valence-corrected chi connectivity index (χ3v) is 5.46. The van der Waals surface area contributed by atoms with Gasteiger partial charge in [0.1, 0.15) is 17.2 Å². The number of aromatic amines is 1. The molecule has 1 atom stereocenters. The van der Waals surface area contributed by atoms with Gasteiger partial charge in [0.05, 0.1) is 0 Å². The normalized spacial score (nSPS) is 12.0. The fourth-order valence-corrected chi connectivity index (χ4v) is 3.80. The molecule has 0 unspecified atom stereocenters. The van der Waals surface area contributed by atoms with E-state index in [1.165, 1.54) is 6.07 Å². The summed E-state index contributed by atoms with van der Waals surface area (Å²) >= 11 is 0. The van der Waals surface area contributed by atoms with Gasteiger partial charge in [-0.2, -0.15) is 0 Å². The predicted octanol–water partition coefficient (Wildman–Crippen LogP) is 3.65. The number of alkyl carbamates (subject to hydrolysis) is 1. The minimum absolute atomic E-state index is 0.0444. The first-order chi connectivity index (χ1) is 17.5. The average Bonchev–Trinajstić information content (AvgIpc) is 2.84. The van der Waals surface area contributed by atoms with Gasteiger partial charge >= 0.3 is 12.1 Å². The highest BCUT2D eigenvalue weighted by Gasteiger charge is 2.24. The third kappa shape index (κ3) is 7.79. The summed E-state index contributed by atoms with van der Waals surface area (Å²) in [5, 5.41) is 14.3. The van der Waals surface area contributed by atoms with E-state index in [-0.39, 0.29) is 24.4 Å². The number of pyridine rings is 1. The van der Waals surface area contributed by atoms with Crippen LogP contribution >= 0.6 is 0 Å². The van der Waals surface area contributed by atoms with Crippen molar-refractivity contribution in [3.05, 3.63) is 106 Å². The van der Waals surface area contributed by atoms with Gasteiger partial charge in [-0.25, -0.2) is 9.59 Å². The van der Waals surface area contributed by atoms with Crippen molar-refractivity contribution in [3.63, 3.8) is 0 Å². The van der Waals surface area contributed by atoms with E-state index in [9.17, 15) is 24.3 Å². The first kappa shape index (κ1) is 27.2. The molecular formula is C28H31N3O6. The lowest BCUT2D eigenvalue weighted by Crippen LogP contribution is -2.44. The van der Waals surface area contributed by atoms with Crippen molar-refractivity contribution in [2.75, 3.05) is 6.54 Å². The fourth-order valence-electron chi connectivity index (χ4n) is 3.80. The number of hydrogen-bond acceptors (Lipinski definition) is 5. The van der Waals surface area contributed by atoms with Crippen molar-refractivity contribution < 1.29 is 24.2 Å². The number of hydrogen-bond donors (Lipinski definition) is 4. The van der Waals surface area contributed by atoms with E-state index in [1.807, 2.05) is 60.7 Å². The average molecular weight is 506 g/mol. The molecule has 0 aliphatic heterocycles. The van der Waals surface area contributed by atoms with Gasteiger partial charge in [0, 0.05) is 18.2 Å². The number of benzene rings is 2. The molecule has 0 aliphatic rings.